The number of nitro groups is 1. The number of hydrogen-bond acceptors (Lipinski definition) is 5. The maximum Gasteiger partial charge on any atom is 0.295 e. The monoisotopic (exact) mass is 361 g/mol. The average Bonchev–Trinajstić information content (AvgIpc) is 2.95. The fourth-order valence-corrected chi connectivity index (χ4v) is 3.39. The van der Waals surface area contributed by atoms with E-state index in [2.05, 4.69) is 4.98 Å². The zero-order chi connectivity index (χ0) is 19.0. The minimum atomic E-state index is -0.523. The van der Waals surface area contributed by atoms with Gasteiger partial charge in [-0.1, -0.05) is 36.4 Å². The van der Waals surface area contributed by atoms with Crippen LogP contribution in [-0.4, -0.2) is 21.7 Å². The third kappa shape index (κ3) is 3.03. The van der Waals surface area contributed by atoms with Crippen LogP contribution in [0.3, 0.4) is 0 Å². The topological polar surface area (TPSA) is 93.4 Å². The molecular formula is C20H15N3O4. The number of pyridine rings is 1. The zero-order valence-electron chi connectivity index (χ0n) is 14.2. The van der Waals surface area contributed by atoms with Gasteiger partial charge in [0.2, 0.25) is 11.8 Å². The van der Waals surface area contributed by atoms with E-state index in [-0.39, 0.29) is 35.9 Å². The van der Waals surface area contributed by atoms with E-state index in [1.807, 2.05) is 6.07 Å². The molecular weight excluding hydrogens is 346 g/mol. The van der Waals surface area contributed by atoms with Gasteiger partial charge in [-0.3, -0.25) is 24.6 Å². The van der Waals surface area contributed by atoms with Crippen molar-refractivity contribution in [1.82, 2.24) is 4.98 Å². The van der Waals surface area contributed by atoms with Crippen LogP contribution in [-0.2, 0) is 16.0 Å². The van der Waals surface area contributed by atoms with E-state index in [1.54, 1.807) is 48.5 Å². The van der Waals surface area contributed by atoms with Gasteiger partial charge in [0, 0.05) is 30.0 Å². The first-order valence-electron chi connectivity index (χ1n) is 8.49. The molecule has 1 atom stereocenters. The predicted octanol–water partition coefficient (Wildman–Crippen LogP) is 3.27. The van der Waals surface area contributed by atoms with Crippen molar-refractivity contribution in [3.8, 4) is 0 Å². The van der Waals surface area contributed by atoms with E-state index in [0.29, 0.717) is 16.8 Å². The predicted molar refractivity (Wildman–Crippen MR) is 99.1 cm³/mol. The average molecular weight is 361 g/mol. The van der Waals surface area contributed by atoms with Crippen LogP contribution in [0.2, 0.25) is 0 Å². The second-order valence-electron chi connectivity index (χ2n) is 6.42. The number of aromatic nitrogens is 1. The third-order valence-corrected chi connectivity index (χ3v) is 4.66. The Bertz CT molecular complexity index is 1070. The molecule has 134 valence electrons. The van der Waals surface area contributed by atoms with Crippen molar-refractivity contribution in [3.63, 3.8) is 0 Å². The van der Waals surface area contributed by atoms with Crippen LogP contribution in [0.5, 0.6) is 0 Å². The lowest BCUT2D eigenvalue weighted by Gasteiger charge is -2.14. The molecule has 1 aliphatic heterocycles. The molecule has 7 heteroatoms. The van der Waals surface area contributed by atoms with E-state index in [1.165, 1.54) is 11.0 Å². The van der Waals surface area contributed by atoms with Gasteiger partial charge in [-0.25, -0.2) is 4.98 Å². The maximum absolute atomic E-state index is 12.7. The van der Waals surface area contributed by atoms with Crippen LogP contribution in [0.25, 0.3) is 10.9 Å². The minimum absolute atomic E-state index is 0.0749. The van der Waals surface area contributed by atoms with Crippen molar-refractivity contribution in [3.05, 3.63) is 76.5 Å². The fourth-order valence-electron chi connectivity index (χ4n) is 3.39. The number of nitrogens with zero attached hydrogens (tertiary/aromatic N) is 3. The first-order chi connectivity index (χ1) is 13.0. The van der Waals surface area contributed by atoms with Gasteiger partial charge in [0.25, 0.3) is 5.69 Å². The van der Waals surface area contributed by atoms with Crippen molar-refractivity contribution < 1.29 is 14.5 Å². The van der Waals surface area contributed by atoms with Gasteiger partial charge in [0.1, 0.15) is 5.52 Å². The van der Waals surface area contributed by atoms with Crippen LogP contribution in [0.4, 0.5) is 11.4 Å². The van der Waals surface area contributed by atoms with Crippen LogP contribution < -0.4 is 4.90 Å². The number of non-ortho nitro benzene ring substituents is 1. The molecule has 3 aromatic rings. The molecule has 1 aromatic heterocycles. The first kappa shape index (κ1) is 16.8. The van der Waals surface area contributed by atoms with Crippen LogP contribution in [0.1, 0.15) is 12.1 Å². The summed E-state index contributed by atoms with van der Waals surface area (Å²) in [5, 5.41) is 11.9. The van der Waals surface area contributed by atoms with E-state index in [0.717, 1.165) is 0 Å². The van der Waals surface area contributed by atoms with Gasteiger partial charge < -0.3 is 0 Å². The number of amides is 2. The van der Waals surface area contributed by atoms with Crippen LogP contribution in [0, 0.1) is 16.0 Å². The summed E-state index contributed by atoms with van der Waals surface area (Å²) in [6.07, 6.45) is 0.361. The number of para-hydroxylation sites is 2. The fraction of sp³-hybridized carbons (Fsp3) is 0.150. The molecule has 1 unspecified atom stereocenters. The Kier molecular flexibility index (Phi) is 4.12. The van der Waals surface area contributed by atoms with E-state index >= 15 is 0 Å². The molecule has 27 heavy (non-hydrogen) atoms. The molecule has 2 heterocycles. The summed E-state index contributed by atoms with van der Waals surface area (Å²) in [5.41, 5.74) is 1.32. The number of hydrogen-bond donors (Lipinski definition) is 0. The lowest BCUT2D eigenvalue weighted by molar-refractivity contribution is -0.383. The number of carbonyl (C=O) groups excluding carboxylic acids is 2. The zero-order valence-corrected chi connectivity index (χ0v) is 14.2. The van der Waals surface area contributed by atoms with Crippen molar-refractivity contribution >= 4 is 34.1 Å². The van der Waals surface area contributed by atoms with Gasteiger partial charge in [-0.05, 0) is 18.2 Å². The Morgan fingerprint density at radius 3 is 2.56 bits per heavy atom. The quantitative estimate of drug-likeness (QED) is 0.404. The summed E-state index contributed by atoms with van der Waals surface area (Å²) in [6, 6.07) is 17.1. The minimum Gasteiger partial charge on any atom is -0.274 e. The standard InChI is InChI=1S/C20H15N3O4/c24-18-12-14(20(25)22(18)16-6-2-1-3-7-16)11-15-10-9-13-5-4-8-17(23(26)27)19(13)21-15/h1-10,14H,11-12H2. The molecule has 0 bridgehead atoms. The van der Waals surface area contributed by atoms with Crippen molar-refractivity contribution in [2.45, 2.75) is 12.8 Å². The number of imide groups is 1. The first-order valence-corrected chi connectivity index (χ1v) is 8.49. The Morgan fingerprint density at radius 2 is 1.81 bits per heavy atom. The SMILES string of the molecule is O=C1CC(Cc2ccc3cccc([N+](=O)[O-])c3n2)C(=O)N1c1ccccc1. The van der Waals surface area contributed by atoms with Crippen molar-refractivity contribution in [2.24, 2.45) is 5.92 Å². The van der Waals surface area contributed by atoms with Crippen molar-refractivity contribution in [2.75, 3.05) is 4.90 Å². The molecule has 1 aliphatic rings. The van der Waals surface area contributed by atoms with E-state index in [4.69, 9.17) is 0 Å². The Labute approximate surface area is 154 Å². The molecule has 0 radical (unpaired) electrons. The lowest BCUT2D eigenvalue weighted by atomic mass is 10.0. The number of benzene rings is 2. The summed E-state index contributed by atoms with van der Waals surface area (Å²) < 4.78 is 0. The smallest absolute Gasteiger partial charge is 0.274 e. The molecule has 1 fully saturated rings. The van der Waals surface area contributed by atoms with Gasteiger partial charge in [-0.2, -0.15) is 0 Å². The molecule has 4 rings (SSSR count). The summed E-state index contributed by atoms with van der Waals surface area (Å²) in [7, 11) is 0. The lowest BCUT2D eigenvalue weighted by Crippen LogP contribution is -2.30. The highest BCUT2D eigenvalue weighted by atomic mass is 16.6. The molecule has 0 N–H and O–H groups in total. The highest BCUT2D eigenvalue weighted by molar-refractivity contribution is 6.20. The highest BCUT2D eigenvalue weighted by Crippen LogP contribution is 2.29. The Hall–Kier alpha value is -3.61. The summed E-state index contributed by atoms with van der Waals surface area (Å²) >= 11 is 0. The van der Waals surface area contributed by atoms with E-state index in [9.17, 15) is 19.7 Å². The van der Waals surface area contributed by atoms with Crippen LogP contribution in [0.15, 0.2) is 60.7 Å². The largest absolute Gasteiger partial charge is 0.295 e. The van der Waals surface area contributed by atoms with Gasteiger partial charge in [-0.15, -0.1) is 0 Å². The van der Waals surface area contributed by atoms with E-state index < -0.39 is 10.8 Å². The number of carbonyl (C=O) groups is 2. The highest BCUT2D eigenvalue weighted by Gasteiger charge is 2.39. The molecule has 2 aromatic carbocycles. The molecule has 2 amide bonds. The molecule has 0 saturated carbocycles. The normalized spacial score (nSPS) is 16.9. The van der Waals surface area contributed by atoms with Gasteiger partial charge in [0.15, 0.2) is 0 Å². The molecule has 0 spiro atoms. The molecule has 7 nitrogen and oxygen atoms in total. The van der Waals surface area contributed by atoms with Crippen LogP contribution >= 0.6 is 0 Å². The molecule has 1 saturated heterocycles. The number of anilines is 1. The maximum atomic E-state index is 12.7. The van der Waals surface area contributed by atoms with Gasteiger partial charge in [0.05, 0.1) is 16.5 Å². The number of fused-ring (bicyclic) bond motifs is 1. The van der Waals surface area contributed by atoms with Gasteiger partial charge >= 0.3 is 0 Å². The third-order valence-electron chi connectivity index (χ3n) is 4.66. The second kappa shape index (κ2) is 6.60. The number of rotatable bonds is 4. The second-order valence-corrected chi connectivity index (χ2v) is 6.42. The summed E-state index contributed by atoms with van der Waals surface area (Å²) in [4.78, 5) is 41.4. The number of nitro benzene ring substituents is 1. The summed E-state index contributed by atoms with van der Waals surface area (Å²) in [5.74, 6) is -1.04. The van der Waals surface area contributed by atoms with Crippen molar-refractivity contribution in [1.29, 1.82) is 0 Å². The molecule has 0 aliphatic carbocycles. The summed E-state index contributed by atoms with van der Waals surface area (Å²) in [6.45, 7) is 0. The Balaban J connectivity index is 1.63. The Morgan fingerprint density at radius 1 is 1.04 bits per heavy atom.